The number of benzene rings is 2. The number of methoxy groups -OCH3 is 1. The molecule has 0 saturated carbocycles. The first kappa shape index (κ1) is 16.0. The first-order chi connectivity index (χ1) is 11.7. The van der Waals surface area contributed by atoms with Crippen LogP contribution in [0.25, 0.3) is 11.3 Å². The van der Waals surface area contributed by atoms with Gasteiger partial charge < -0.3 is 15.2 Å². The standard InChI is InChI=1S/C18H16N2O3S/c1-22-17(21)14-6-2-4-12(8-14)10-23-15-7-3-5-13(9-15)16-11-24-18(19)20-16/h2-9,11H,10H2,1H3,(H2,19,20). The summed E-state index contributed by atoms with van der Waals surface area (Å²) in [5.74, 6) is 0.363. The molecule has 0 aliphatic rings. The molecule has 0 aliphatic carbocycles. The molecule has 5 nitrogen and oxygen atoms in total. The maximum atomic E-state index is 11.6. The Kier molecular flexibility index (Phi) is 4.77. The van der Waals surface area contributed by atoms with Gasteiger partial charge in [0.25, 0.3) is 0 Å². The molecule has 2 N–H and O–H groups in total. The van der Waals surface area contributed by atoms with Crippen LogP contribution in [-0.2, 0) is 11.3 Å². The molecule has 3 aromatic rings. The molecular weight excluding hydrogens is 324 g/mol. The van der Waals surface area contributed by atoms with Crippen molar-refractivity contribution in [2.24, 2.45) is 0 Å². The summed E-state index contributed by atoms with van der Waals surface area (Å²) in [6.45, 7) is 0.355. The van der Waals surface area contributed by atoms with Gasteiger partial charge in [0.15, 0.2) is 5.13 Å². The maximum absolute atomic E-state index is 11.6. The molecule has 0 fully saturated rings. The molecule has 1 heterocycles. The van der Waals surface area contributed by atoms with Gasteiger partial charge in [0.1, 0.15) is 12.4 Å². The average Bonchev–Trinajstić information content (AvgIpc) is 3.06. The Morgan fingerprint density at radius 1 is 1.21 bits per heavy atom. The van der Waals surface area contributed by atoms with Gasteiger partial charge in [0, 0.05) is 10.9 Å². The van der Waals surface area contributed by atoms with Crippen LogP contribution in [0.1, 0.15) is 15.9 Å². The van der Waals surface area contributed by atoms with E-state index in [-0.39, 0.29) is 5.97 Å². The number of hydrogen-bond donors (Lipinski definition) is 1. The van der Waals surface area contributed by atoms with E-state index >= 15 is 0 Å². The molecule has 0 aliphatic heterocycles. The second kappa shape index (κ2) is 7.14. The van der Waals surface area contributed by atoms with E-state index in [0.717, 1.165) is 22.6 Å². The Bertz CT molecular complexity index is 861. The average molecular weight is 340 g/mol. The zero-order valence-electron chi connectivity index (χ0n) is 13.1. The lowest BCUT2D eigenvalue weighted by molar-refractivity contribution is 0.0600. The van der Waals surface area contributed by atoms with Crippen molar-refractivity contribution in [2.75, 3.05) is 12.8 Å². The van der Waals surface area contributed by atoms with Crippen molar-refractivity contribution >= 4 is 22.4 Å². The van der Waals surface area contributed by atoms with Crippen molar-refractivity contribution in [2.45, 2.75) is 6.61 Å². The minimum atomic E-state index is -0.361. The number of aromatic nitrogens is 1. The lowest BCUT2D eigenvalue weighted by Crippen LogP contribution is -2.03. The van der Waals surface area contributed by atoms with Crippen LogP contribution in [0.3, 0.4) is 0 Å². The minimum absolute atomic E-state index is 0.355. The van der Waals surface area contributed by atoms with Gasteiger partial charge in [0.05, 0.1) is 18.4 Å². The summed E-state index contributed by atoms with van der Waals surface area (Å²) in [6, 6.07) is 14.8. The summed E-state index contributed by atoms with van der Waals surface area (Å²) in [6.07, 6.45) is 0. The summed E-state index contributed by atoms with van der Waals surface area (Å²) in [5.41, 5.74) is 8.85. The van der Waals surface area contributed by atoms with Gasteiger partial charge in [-0.05, 0) is 29.8 Å². The van der Waals surface area contributed by atoms with Crippen molar-refractivity contribution < 1.29 is 14.3 Å². The number of rotatable bonds is 5. The highest BCUT2D eigenvalue weighted by Gasteiger charge is 2.07. The Hall–Kier alpha value is -2.86. The number of nitrogens with two attached hydrogens (primary N) is 1. The third-order valence-corrected chi connectivity index (χ3v) is 4.08. The second-order valence-electron chi connectivity index (χ2n) is 5.08. The van der Waals surface area contributed by atoms with Crippen LogP contribution >= 0.6 is 11.3 Å². The monoisotopic (exact) mass is 340 g/mol. The van der Waals surface area contributed by atoms with E-state index < -0.39 is 0 Å². The van der Waals surface area contributed by atoms with Crippen molar-refractivity contribution in [3.05, 3.63) is 65.0 Å². The fraction of sp³-hybridized carbons (Fsp3) is 0.111. The molecular formula is C18H16N2O3S. The highest BCUT2D eigenvalue weighted by Crippen LogP contribution is 2.26. The molecule has 2 aromatic carbocycles. The predicted molar refractivity (Wildman–Crippen MR) is 94.1 cm³/mol. The third-order valence-electron chi connectivity index (χ3n) is 3.41. The number of hydrogen-bond acceptors (Lipinski definition) is 6. The van der Waals surface area contributed by atoms with Crippen LogP contribution in [0.5, 0.6) is 5.75 Å². The van der Waals surface area contributed by atoms with E-state index in [4.69, 9.17) is 15.2 Å². The number of ether oxygens (including phenoxy) is 2. The predicted octanol–water partition coefficient (Wildman–Crippen LogP) is 3.76. The molecule has 0 atom stereocenters. The van der Waals surface area contributed by atoms with Crippen molar-refractivity contribution in [3.8, 4) is 17.0 Å². The summed E-state index contributed by atoms with van der Waals surface area (Å²) in [4.78, 5) is 15.8. The van der Waals surface area contributed by atoms with Crippen LogP contribution in [0, 0.1) is 0 Å². The summed E-state index contributed by atoms with van der Waals surface area (Å²) in [7, 11) is 1.36. The summed E-state index contributed by atoms with van der Waals surface area (Å²) in [5, 5.41) is 2.45. The van der Waals surface area contributed by atoms with E-state index in [1.807, 2.05) is 35.7 Å². The fourth-order valence-corrected chi connectivity index (χ4v) is 2.81. The Labute approximate surface area is 143 Å². The SMILES string of the molecule is COC(=O)c1cccc(COc2cccc(-c3csc(N)n3)c2)c1. The Balaban J connectivity index is 1.72. The largest absolute Gasteiger partial charge is 0.489 e. The highest BCUT2D eigenvalue weighted by molar-refractivity contribution is 7.13. The third kappa shape index (κ3) is 3.72. The first-order valence-electron chi connectivity index (χ1n) is 7.27. The van der Waals surface area contributed by atoms with Gasteiger partial charge in [0.2, 0.25) is 0 Å². The number of nitrogen functional groups attached to an aromatic ring is 1. The number of nitrogens with zero attached hydrogens (tertiary/aromatic N) is 1. The highest BCUT2D eigenvalue weighted by atomic mass is 32.1. The van der Waals surface area contributed by atoms with Gasteiger partial charge in [-0.3, -0.25) is 0 Å². The molecule has 1 aromatic heterocycles. The van der Waals surface area contributed by atoms with Gasteiger partial charge in [-0.1, -0.05) is 24.3 Å². The van der Waals surface area contributed by atoms with E-state index in [0.29, 0.717) is 17.3 Å². The number of thiazole rings is 1. The van der Waals surface area contributed by atoms with Crippen molar-refractivity contribution in [3.63, 3.8) is 0 Å². The van der Waals surface area contributed by atoms with E-state index in [9.17, 15) is 4.79 Å². The molecule has 0 saturated heterocycles. The van der Waals surface area contributed by atoms with Gasteiger partial charge in [-0.15, -0.1) is 11.3 Å². The van der Waals surface area contributed by atoms with Crippen LogP contribution in [-0.4, -0.2) is 18.1 Å². The molecule has 122 valence electrons. The van der Waals surface area contributed by atoms with Crippen LogP contribution in [0.2, 0.25) is 0 Å². The van der Waals surface area contributed by atoms with E-state index in [1.165, 1.54) is 18.4 Å². The zero-order chi connectivity index (χ0) is 16.9. The minimum Gasteiger partial charge on any atom is -0.489 e. The van der Waals surface area contributed by atoms with E-state index in [2.05, 4.69) is 4.98 Å². The van der Waals surface area contributed by atoms with Gasteiger partial charge in [-0.2, -0.15) is 0 Å². The Morgan fingerprint density at radius 2 is 2.04 bits per heavy atom. The molecule has 0 unspecified atom stereocenters. The molecule has 0 radical (unpaired) electrons. The van der Waals surface area contributed by atoms with E-state index in [1.54, 1.807) is 18.2 Å². The molecule has 6 heteroatoms. The van der Waals surface area contributed by atoms with Crippen LogP contribution in [0.15, 0.2) is 53.9 Å². The number of anilines is 1. The quantitative estimate of drug-likeness (QED) is 0.716. The molecule has 0 amide bonds. The zero-order valence-corrected chi connectivity index (χ0v) is 13.9. The molecule has 0 spiro atoms. The first-order valence-corrected chi connectivity index (χ1v) is 8.15. The topological polar surface area (TPSA) is 74.4 Å². The lowest BCUT2D eigenvalue weighted by Gasteiger charge is -2.08. The van der Waals surface area contributed by atoms with Crippen LogP contribution in [0.4, 0.5) is 5.13 Å². The van der Waals surface area contributed by atoms with Crippen LogP contribution < -0.4 is 10.5 Å². The number of esters is 1. The smallest absolute Gasteiger partial charge is 0.337 e. The van der Waals surface area contributed by atoms with Crippen molar-refractivity contribution in [1.29, 1.82) is 0 Å². The van der Waals surface area contributed by atoms with Crippen molar-refractivity contribution in [1.82, 2.24) is 4.98 Å². The maximum Gasteiger partial charge on any atom is 0.337 e. The molecule has 3 rings (SSSR count). The Morgan fingerprint density at radius 3 is 2.79 bits per heavy atom. The lowest BCUT2D eigenvalue weighted by atomic mass is 10.1. The van der Waals surface area contributed by atoms with Gasteiger partial charge in [-0.25, -0.2) is 9.78 Å². The van der Waals surface area contributed by atoms with Gasteiger partial charge >= 0.3 is 5.97 Å². The second-order valence-corrected chi connectivity index (χ2v) is 5.97. The molecule has 0 bridgehead atoms. The number of carbonyl (C=O) groups excluding carboxylic acids is 1. The summed E-state index contributed by atoms with van der Waals surface area (Å²) < 4.78 is 10.5. The summed E-state index contributed by atoms with van der Waals surface area (Å²) >= 11 is 1.40. The fourth-order valence-electron chi connectivity index (χ4n) is 2.24. The number of carbonyl (C=O) groups is 1. The normalized spacial score (nSPS) is 10.4. The molecule has 24 heavy (non-hydrogen) atoms.